The smallest absolute Gasteiger partial charge is 0.213 e. The minimum atomic E-state index is 0.0474. The van der Waals surface area contributed by atoms with Gasteiger partial charge in [-0.25, -0.2) is 0 Å². The van der Waals surface area contributed by atoms with Crippen LogP contribution in [0.5, 0.6) is 0 Å². The molecule has 1 aromatic heterocycles. The van der Waals surface area contributed by atoms with Gasteiger partial charge in [0.1, 0.15) is 5.69 Å². The molecule has 98 valence electrons. The van der Waals surface area contributed by atoms with E-state index in [-0.39, 0.29) is 5.78 Å². The molecule has 0 spiro atoms. The zero-order valence-corrected chi connectivity index (χ0v) is 11.4. The number of benzene rings is 1. The van der Waals surface area contributed by atoms with Gasteiger partial charge in [-0.05, 0) is 37.3 Å². The summed E-state index contributed by atoms with van der Waals surface area (Å²) < 4.78 is 1.75. The number of aryl methyl sites for hydroxylation is 2. The molecule has 0 radical (unpaired) electrons. The summed E-state index contributed by atoms with van der Waals surface area (Å²) in [6.07, 6.45) is 3.67. The summed E-state index contributed by atoms with van der Waals surface area (Å²) in [6, 6.07) is 9.84. The summed E-state index contributed by atoms with van der Waals surface area (Å²) in [7, 11) is 1.87. The van der Waals surface area contributed by atoms with Crippen LogP contribution in [-0.4, -0.2) is 15.6 Å². The molecular formula is C16H18N2O. The van der Waals surface area contributed by atoms with E-state index >= 15 is 0 Å². The van der Waals surface area contributed by atoms with Crippen LogP contribution in [0, 0.1) is 6.92 Å². The van der Waals surface area contributed by atoms with E-state index in [0.717, 1.165) is 11.3 Å². The SMILES string of the molecule is Cc1cc(C(=O)c2ccccc2C2CCC2)nn1C. The van der Waals surface area contributed by atoms with Crippen LogP contribution in [0.4, 0.5) is 0 Å². The van der Waals surface area contributed by atoms with Crippen molar-refractivity contribution >= 4 is 5.78 Å². The van der Waals surface area contributed by atoms with E-state index < -0.39 is 0 Å². The van der Waals surface area contributed by atoms with Crippen molar-refractivity contribution in [1.29, 1.82) is 0 Å². The predicted molar refractivity (Wildman–Crippen MR) is 74.4 cm³/mol. The molecule has 3 nitrogen and oxygen atoms in total. The van der Waals surface area contributed by atoms with Crippen molar-refractivity contribution in [3.63, 3.8) is 0 Å². The Kier molecular flexibility index (Phi) is 2.97. The van der Waals surface area contributed by atoms with Gasteiger partial charge in [0.25, 0.3) is 0 Å². The van der Waals surface area contributed by atoms with Crippen molar-refractivity contribution in [1.82, 2.24) is 9.78 Å². The largest absolute Gasteiger partial charge is 0.287 e. The van der Waals surface area contributed by atoms with Gasteiger partial charge in [0.15, 0.2) is 0 Å². The number of nitrogens with zero attached hydrogens (tertiary/aromatic N) is 2. The molecule has 1 saturated carbocycles. The van der Waals surface area contributed by atoms with E-state index in [0.29, 0.717) is 11.6 Å². The van der Waals surface area contributed by atoms with E-state index in [1.54, 1.807) is 4.68 Å². The molecule has 1 heterocycles. The third-order valence-electron chi connectivity index (χ3n) is 4.10. The van der Waals surface area contributed by atoms with Gasteiger partial charge in [-0.3, -0.25) is 9.48 Å². The number of hydrogen-bond acceptors (Lipinski definition) is 2. The van der Waals surface area contributed by atoms with E-state index in [4.69, 9.17) is 0 Å². The number of aromatic nitrogens is 2. The molecule has 0 atom stereocenters. The van der Waals surface area contributed by atoms with Gasteiger partial charge < -0.3 is 0 Å². The Bertz CT molecular complexity index is 604. The number of rotatable bonds is 3. The van der Waals surface area contributed by atoms with Crippen LogP contribution in [0.25, 0.3) is 0 Å². The van der Waals surface area contributed by atoms with Crippen LogP contribution >= 0.6 is 0 Å². The van der Waals surface area contributed by atoms with Crippen LogP contribution in [0.3, 0.4) is 0 Å². The lowest BCUT2D eigenvalue weighted by Gasteiger charge is -2.27. The van der Waals surface area contributed by atoms with E-state index in [1.807, 2.05) is 38.2 Å². The molecule has 1 aliphatic rings. The van der Waals surface area contributed by atoms with Gasteiger partial charge >= 0.3 is 0 Å². The second-order valence-electron chi connectivity index (χ2n) is 5.34. The average Bonchev–Trinajstić information content (AvgIpc) is 2.67. The Labute approximate surface area is 113 Å². The molecule has 1 fully saturated rings. The Hall–Kier alpha value is -1.90. The van der Waals surface area contributed by atoms with Gasteiger partial charge in [0.05, 0.1) is 0 Å². The second-order valence-corrected chi connectivity index (χ2v) is 5.34. The molecule has 2 aromatic rings. The maximum absolute atomic E-state index is 12.6. The standard InChI is InChI=1S/C16H18N2O/c1-11-10-15(17-18(11)2)16(19)14-9-4-3-8-13(14)12-6-5-7-12/h3-4,8-10,12H,5-7H2,1-2H3. The van der Waals surface area contributed by atoms with Crippen molar-refractivity contribution in [2.24, 2.45) is 7.05 Å². The lowest BCUT2D eigenvalue weighted by Crippen LogP contribution is -2.14. The van der Waals surface area contributed by atoms with Gasteiger partial charge in [0.2, 0.25) is 5.78 Å². The fourth-order valence-electron chi connectivity index (χ4n) is 2.59. The Morgan fingerprint density at radius 3 is 2.63 bits per heavy atom. The molecule has 1 aromatic carbocycles. The number of ketones is 1. The van der Waals surface area contributed by atoms with Crippen molar-refractivity contribution in [3.05, 3.63) is 52.8 Å². The third-order valence-corrected chi connectivity index (χ3v) is 4.10. The summed E-state index contributed by atoms with van der Waals surface area (Å²) in [5, 5.41) is 4.30. The number of hydrogen-bond donors (Lipinski definition) is 0. The first-order chi connectivity index (χ1) is 9.16. The van der Waals surface area contributed by atoms with Crippen LogP contribution in [0.15, 0.2) is 30.3 Å². The number of carbonyl (C=O) groups excluding carboxylic acids is 1. The number of carbonyl (C=O) groups is 1. The van der Waals surface area contributed by atoms with E-state index in [9.17, 15) is 4.79 Å². The molecule has 3 heteroatoms. The van der Waals surface area contributed by atoms with Gasteiger partial charge in [-0.15, -0.1) is 0 Å². The highest BCUT2D eigenvalue weighted by Crippen LogP contribution is 2.38. The molecule has 0 amide bonds. The first kappa shape index (κ1) is 12.2. The molecule has 0 aliphatic heterocycles. The second kappa shape index (κ2) is 4.65. The highest BCUT2D eigenvalue weighted by molar-refractivity contribution is 6.08. The Balaban J connectivity index is 1.99. The molecule has 1 aliphatic carbocycles. The summed E-state index contributed by atoms with van der Waals surface area (Å²) >= 11 is 0. The zero-order chi connectivity index (χ0) is 13.4. The molecule has 0 N–H and O–H groups in total. The fourth-order valence-corrected chi connectivity index (χ4v) is 2.59. The zero-order valence-electron chi connectivity index (χ0n) is 11.4. The van der Waals surface area contributed by atoms with E-state index in [1.165, 1.54) is 24.8 Å². The van der Waals surface area contributed by atoms with Crippen LogP contribution in [0.1, 0.15) is 52.5 Å². The van der Waals surface area contributed by atoms with Crippen molar-refractivity contribution in [2.45, 2.75) is 32.1 Å². The normalized spacial score (nSPS) is 15.3. The monoisotopic (exact) mass is 254 g/mol. The molecular weight excluding hydrogens is 236 g/mol. The molecule has 0 saturated heterocycles. The average molecular weight is 254 g/mol. The topological polar surface area (TPSA) is 34.9 Å². The van der Waals surface area contributed by atoms with Crippen molar-refractivity contribution in [2.75, 3.05) is 0 Å². The fraction of sp³-hybridized carbons (Fsp3) is 0.375. The first-order valence-electron chi connectivity index (χ1n) is 6.81. The highest BCUT2D eigenvalue weighted by atomic mass is 16.1. The van der Waals surface area contributed by atoms with Gasteiger partial charge in [0, 0.05) is 18.3 Å². The van der Waals surface area contributed by atoms with Crippen LogP contribution in [-0.2, 0) is 7.05 Å². The van der Waals surface area contributed by atoms with Crippen molar-refractivity contribution in [3.8, 4) is 0 Å². The third kappa shape index (κ3) is 2.09. The van der Waals surface area contributed by atoms with E-state index in [2.05, 4.69) is 11.2 Å². The Morgan fingerprint density at radius 1 is 1.32 bits per heavy atom. The maximum Gasteiger partial charge on any atom is 0.213 e. The minimum absolute atomic E-state index is 0.0474. The summed E-state index contributed by atoms with van der Waals surface area (Å²) in [5.74, 6) is 0.608. The van der Waals surface area contributed by atoms with Gasteiger partial charge in [-0.2, -0.15) is 5.10 Å². The molecule has 3 rings (SSSR count). The predicted octanol–water partition coefficient (Wildman–Crippen LogP) is 3.23. The van der Waals surface area contributed by atoms with Gasteiger partial charge in [-0.1, -0.05) is 30.7 Å². The Morgan fingerprint density at radius 2 is 2.05 bits per heavy atom. The molecule has 0 unspecified atom stereocenters. The molecule has 0 bridgehead atoms. The summed E-state index contributed by atoms with van der Waals surface area (Å²) in [5.41, 5.74) is 3.57. The first-order valence-corrected chi connectivity index (χ1v) is 6.81. The summed E-state index contributed by atoms with van der Waals surface area (Å²) in [6.45, 7) is 1.96. The quantitative estimate of drug-likeness (QED) is 0.788. The summed E-state index contributed by atoms with van der Waals surface area (Å²) in [4.78, 5) is 12.6. The maximum atomic E-state index is 12.6. The van der Waals surface area contributed by atoms with Crippen molar-refractivity contribution < 1.29 is 4.79 Å². The highest BCUT2D eigenvalue weighted by Gasteiger charge is 2.25. The lowest BCUT2D eigenvalue weighted by molar-refractivity contribution is 0.103. The minimum Gasteiger partial charge on any atom is -0.287 e. The van der Waals surface area contributed by atoms with Crippen LogP contribution < -0.4 is 0 Å². The van der Waals surface area contributed by atoms with Crippen LogP contribution in [0.2, 0.25) is 0 Å². The molecule has 19 heavy (non-hydrogen) atoms. The lowest BCUT2D eigenvalue weighted by atomic mass is 9.77.